The van der Waals surface area contributed by atoms with E-state index in [9.17, 15) is 29.7 Å². The Morgan fingerprint density at radius 3 is 2.70 bits per heavy atom. The molecule has 1 aliphatic carbocycles. The van der Waals surface area contributed by atoms with E-state index in [0.717, 1.165) is 6.42 Å². The molecule has 5 unspecified atom stereocenters. The lowest BCUT2D eigenvalue weighted by Gasteiger charge is -2.41. The fourth-order valence-electron chi connectivity index (χ4n) is 6.33. The number of carbonyl (C=O) groups is 2. The number of fused-ring (bicyclic) bond motifs is 4. The molecule has 0 saturated carbocycles. The van der Waals surface area contributed by atoms with Gasteiger partial charge in [-0.3, -0.25) is 9.59 Å². The van der Waals surface area contributed by atoms with Gasteiger partial charge in [0.05, 0.1) is 38.4 Å². The average molecular weight is 607 g/mol. The number of aliphatic hydroxyl groups is 3. The Balaban J connectivity index is 1.46. The first-order valence-electron chi connectivity index (χ1n) is 14.6. The van der Waals surface area contributed by atoms with Gasteiger partial charge in [-0.15, -0.1) is 0 Å². The highest BCUT2D eigenvalue weighted by Crippen LogP contribution is 2.51. The summed E-state index contributed by atoms with van der Waals surface area (Å²) in [5.74, 6) is -1.36. The van der Waals surface area contributed by atoms with Crippen molar-refractivity contribution < 1.29 is 43.5 Å². The number of benzene rings is 2. The molecule has 44 heavy (non-hydrogen) atoms. The van der Waals surface area contributed by atoms with Crippen LogP contribution < -0.4 is 20.4 Å². The molecule has 12 heteroatoms. The highest BCUT2D eigenvalue weighted by molar-refractivity contribution is 5.98. The summed E-state index contributed by atoms with van der Waals surface area (Å²) in [6.45, 7) is -0.0583. The van der Waals surface area contributed by atoms with Crippen LogP contribution in [0.5, 0.6) is 11.5 Å². The summed E-state index contributed by atoms with van der Waals surface area (Å²) in [4.78, 5) is 42.2. The summed E-state index contributed by atoms with van der Waals surface area (Å²) in [7, 11) is 1.45. The fraction of sp³-hybridized carbons (Fsp3) is 0.406. The SMILES string of the molecule is COc1cc(CO)cc2c1OC1C2C(C(=O)NCCO)=CC(N(CC2CCCO2)C(=O)c2cc3ccccc3oc2=O)C1O. The number of nitrogens with one attached hydrogen (secondary N) is 1. The Morgan fingerprint density at radius 2 is 1.98 bits per heavy atom. The van der Waals surface area contributed by atoms with Gasteiger partial charge >= 0.3 is 5.63 Å². The Hall–Kier alpha value is -4.23. The van der Waals surface area contributed by atoms with Gasteiger partial charge in [0.2, 0.25) is 5.91 Å². The maximum atomic E-state index is 14.2. The van der Waals surface area contributed by atoms with Crippen LogP contribution in [0.1, 0.15) is 40.2 Å². The van der Waals surface area contributed by atoms with Gasteiger partial charge in [-0.2, -0.15) is 0 Å². The lowest BCUT2D eigenvalue weighted by Crippen LogP contribution is -2.57. The zero-order chi connectivity index (χ0) is 31.0. The molecule has 1 fully saturated rings. The van der Waals surface area contributed by atoms with Gasteiger partial charge in [0.15, 0.2) is 11.5 Å². The molecular formula is C32H34N2O10. The molecule has 232 valence electrons. The molecular weight excluding hydrogens is 572 g/mol. The van der Waals surface area contributed by atoms with Crippen LogP contribution in [-0.4, -0.2) is 89.8 Å². The smallest absolute Gasteiger partial charge is 0.349 e. The zero-order valence-corrected chi connectivity index (χ0v) is 24.1. The van der Waals surface area contributed by atoms with Crippen LogP contribution in [0.2, 0.25) is 0 Å². The summed E-state index contributed by atoms with van der Waals surface area (Å²) >= 11 is 0. The number of rotatable bonds is 9. The molecule has 6 rings (SSSR count). The van der Waals surface area contributed by atoms with Crippen LogP contribution in [0.3, 0.4) is 0 Å². The highest BCUT2D eigenvalue weighted by atomic mass is 16.5. The number of para-hydroxylation sites is 1. The number of aliphatic hydroxyl groups excluding tert-OH is 3. The number of hydrogen-bond donors (Lipinski definition) is 4. The molecule has 0 spiro atoms. The van der Waals surface area contributed by atoms with Gasteiger partial charge in [0.1, 0.15) is 23.4 Å². The van der Waals surface area contributed by atoms with E-state index in [0.29, 0.717) is 46.6 Å². The molecule has 1 saturated heterocycles. The number of methoxy groups -OCH3 is 1. The van der Waals surface area contributed by atoms with Gasteiger partial charge in [0, 0.05) is 36.2 Å². The topological polar surface area (TPSA) is 168 Å². The van der Waals surface area contributed by atoms with E-state index in [1.54, 1.807) is 36.4 Å². The second-order valence-electron chi connectivity index (χ2n) is 11.1. The van der Waals surface area contributed by atoms with E-state index in [-0.39, 0.29) is 43.5 Å². The third-order valence-corrected chi connectivity index (χ3v) is 8.41. The maximum absolute atomic E-state index is 14.2. The van der Waals surface area contributed by atoms with Crippen molar-refractivity contribution in [1.29, 1.82) is 0 Å². The summed E-state index contributed by atoms with van der Waals surface area (Å²) in [6, 6.07) is 10.5. The Labute approximate surface area is 252 Å². The van der Waals surface area contributed by atoms with Gasteiger partial charge in [0.25, 0.3) is 5.91 Å². The quantitative estimate of drug-likeness (QED) is 0.260. The van der Waals surface area contributed by atoms with E-state index < -0.39 is 41.6 Å². The van der Waals surface area contributed by atoms with E-state index >= 15 is 0 Å². The summed E-state index contributed by atoms with van der Waals surface area (Å²) in [6.07, 6.45) is 0.253. The highest BCUT2D eigenvalue weighted by Gasteiger charge is 2.52. The van der Waals surface area contributed by atoms with Crippen molar-refractivity contribution in [3.63, 3.8) is 0 Å². The van der Waals surface area contributed by atoms with Crippen molar-refractivity contribution in [3.05, 3.63) is 81.2 Å². The Kier molecular flexibility index (Phi) is 8.41. The van der Waals surface area contributed by atoms with Crippen LogP contribution in [0.4, 0.5) is 0 Å². The van der Waals surface area contributed by atoms with Crippen molar-refractivity contribution in [2.24, 2.45) is 0 Å². The predicted molar refractivity (Wildman–Crippen MR) is 157 cm³/mol. The molecule has 2 aromatic carbocycles. The number of amides is 2. The van der Waals surface area contributed by atoms with Crippen molar-refractivity contribution >= 4 is 22.8 Å². The Morgan fingerprint density at radius 1 is 1.16 bits per heavy atom. The monoisotopic (exact) mass is 606 g/mol. The van der Waals surface area contributed by atoms with Gasteiger partial charge in [-0.1, -0.05) is 18.2 Å². The summed E-state index contributed by atoms with van der Waals surface area (Å²) < 4.78 is 23.1. The number of nitrogens with zero attached hydrogens (tertiary/aromatic N) is 1. The standard InChI is InChI=1S/C32H34N2O10/c1-41-25-12-17(16-36)11-20-26-21(30(38)33-8-9-35)14-23(27(37)29(26)44-28(20)25)34(15-19-6-4-10-42-19)31(39)22-13-18-5-2-3-7-24(18)43-32(22)40/h2-3,5,7,11-14,19,23,26-27,29,35-37H,4,6,8-10,15-16H2,1H3,(H,33,38). The number of hydrogen-bond acceptors (Lipinski definition) is 10. The minimum Gasteiger partial charge on any atom is -0.493 e. The average Bonchev–Trinajstić information content (AvgIpc) is 3.70. The lowest BCUT2D eigenvalue weighted by atomic mass is 9.77. The number of ether oxygens (including phenoxy) is 3. The van der Waals surface area contributed by atoms with E-state index in [1.165, 1.54) is 24.2 Å². The van der Waals surface area contributed by atoms with Gasteiger partial charge in [-0.25, -0.2) is 4.79 Å². The van der Waals surface area contributed by atoms with Crippen molar-refractivity contribution in [3.8, 4) is 11.5 Å². The lowest BCUT2D eigenvalue weighted by molar-refractivity contribution is -0.118. The zero-order valence-electron chi connectivity index (χ0n) is 24.1. The molecule has 3 aliphatic rings. The fourth-order valence-corrected chi connectivity index (χ4v) is 6.33. The van der Waals surface area contributed by atoms with Crippen LogP contribution in [-0.2, 0) is 16.1 Å². The van der Waals surface area contributed by atoms with Crippen LogP contribution in [0.25, 0.3) is 11.0 Å². The third kappa shape index (κ3) is 5.34. The first-order valence-corrected chi connectivity index (χ1v) is 14.6. The number of carbonyl (C=O) groups excluding carboxylic acids is 2. The first kappa shape index (κ1) is 29.8. The Bertz CT molecular complexity index is 1660. The second kappa shape index (κ2) is 12.4. The predicted octanol–water partition coefficient (Wildman–Crippen LogP) is 1.24. The van der Waals surface area contributed by atoms with E-state index in [4.69, 9.17) is 18.6 Å². The van der Waals surface area contributed by atoms with Crippen molar-refractivity contribution in [1.82, 2.24) is 10.2 Å². The molecule has 0 bridgehead atoms. The summed E-state index contributed by atoms with van der Waals surface area (Å²) in [5.41, 5.74) is 0.537. The van der Waals surface area contributed by atoms with Crippen LogP contribution >= 0.6 is 0 Å². The van der Waals surface area contributed by atoms with Gasteiger partial charge in [-0.05, 0) is 48.7 Å². The second-order valence-corrected chi connectivity index (χ2v) is 11.1. The van der Waals surface area contributed by atoms with E-state index in [1.807, 2.05) is 0 Å². The van der Waals surface area contributed by atoms with Crippen LogP contribution in [0, 0.1) is 0 Å². The third-order valence-electron chi connectivity index (χ3n) is 8.41. The van der Waals surface area contributed by atoms with Crippen LogP contribution in [0.15, 0.2) is 63.3 Å². The normalized spacial score (nSPS) is 23.8. The molecule has 3 heterocycles. The molecule has 0 radical (unpaired) electrons. The van der Waals surface area contributed by atoms with Crippen molar-refractivity contribution in [2.45, 2.75) is 49.7 Å². The minimum absolute atomic E-state index is 0.0226. The molecule has 2 amide bonds. The maximum Gasteiger partial charge on any atom is 0.349 e. The first-order chi connectivity index (χ1) is 21.3. The molecule has 4 N–H and O–H groups in total. The summed E-state index contributed by atoms with van der Waals surface area (Å²) in [5, 5.41) is 34.4. The molecule has 2 aliphatic heterocycles. The minimum atomic E-state index is -1.35. The van der Waals surface area contributed by atoms with E-state index in [2.05, 4.69) is 5.32 Å². The van der Waals surface area contributed by atoms with Gasteiger partial charge < -0.3 is 44.2 Å². The van der Waals surface area contributed by atoms with Crippen molar-refractivity contribution in [2.75, 3.05) is 33.4 Å². The molecule has 1 aromatic heterocycles. The molecule has 3 aromatic rings. The largest absolute Gasteiger partial charge is 0.493 e. The molecule has 5 atom stereocenters. The molecule has 12 nitrogen and oxygen atoms in total.